The van der Waals surface area contributed by atoms with Crippen LogP contribution in [0, 0.1) is 0 Å². The molecular weight excluding hydrogens is 250 g/mol. The van der Waals surface area contributed by atoms with Gasteiger partial charge in [-0.2, -0.15) is 0 Å². The second kappa shape index (κ2) is 7.60. The maximum atomic E-state index is 10.2. The molecule has 2 N–H and O–H groups in total. The van der Waals surface area contributed by atoms with Crippen molar-refractivity contribution in [3.63, 3.8) is 0 Å². The Balaban J connectivity index is 2.01. The highest BCUT2D eigenvalue weighted by atomic mass is 16.3. The van der Waals surface area contributed by atoms with E-state index in [-0.39, 0.29) is 12.1 Å². The molecular formula is C16H27N3O. The second-order valence-corrected chi connectivity index (χ2v) is 5.77. The fourth-order valence-electron chi connectivity index (χ4n) is 2.96. The number of pyridine rings is 1. The molecule has 0 aromatic carbocycles. The molecule has 0 amide bonds. The second-order valence-electron chi connectivity index (χ2n) is 5.77. The van der Waals surface area contributed by atoms with E-state index in [1.807, 2.05) is 12.3 Å². The lowest BCUT2D eigenvalue weighted by Gasteiger charge is -2.35. The van der Waals surface area contributed by atoms with Crippen molar-refractivity contribution in [1.29, 1.82) is 0 Å². The van der Waals surface area contributed by atoms with Gasteiger partial charge in [0.1, 0.15) is 5.82 Å². The summed E-state index contributed by atoms with van der Waals surface area (Å²) in [6.45, 7) is 3.93. The molecule has 2 atom stereocenters. The number of aromatic nitrogens is 1. The first-order valence-corrected chi connectivity index (χ1v) is 7.78. The quantitative estimate of drug-likeness (QED) is 0.839. The van der Waals surface area contributed by atoms with Crippen LogP contribution in [0.4, 0.5) is 5.82 Å². The van der Waals surface area contributed by atoms with E-state index in [1.165, 1.54) is 12.0 Å². The van der Waals surface area contributed by atoms with E-state index >= 15 is 0 Å². The lowest BCUT2D eigenvalue weighted by atomic mass is 9.91. The summed E-state index contributed by atoms with van der Waals surface area (Å²) >= 11 is 0. The summed E-state index contributed by atoms with van der Waals surface area (Å²) in [4.78, 5) is 6.71. The Hall–Kier alpha value is -1.13. The number of rotatable bonds is 6. The molecule has 1 aliphatic rings. The monoisotopic (exact) mass is 277 g/mol. The zero-order chi connectivity index (χ0) is 14.4. The number of aliphatic hydroxyl groups excluding tert-OH is 1. The zero-order valence-corrected chi connectivity index (χ0v) is 12.7. The van der Waals surface area contributed by atoms with Crippen LogP contribution in [-0.2, 0) is 6.54 Å². The summed E-state index contributed by atoms with van der Waals surface area (Å²) in [5.41, 5.74) is 1.21. The number of nitrogens with one attached hydrogen (secondary N) is 1. The van der Waals surface area contributed by atoms with E-state index in [0.29, 0.717) is 0 Å². The largest absolute Gasteiger partial charge is 0.391 e. The number of nitrogens with zero attached hydrogens (tertiary/aromatic N) is 2. The van der Waals surface area contributed by atoms with Gasteiger partial charge >= 0.3 is 0 Å². The van der Waals surface area contributed by atoms with Gasteiger partial charge in [-0.25, -0.2) is 4.98 Å². The minimum Gasteiger partial charge on any atom is -0.391 e. The van der Waals surface area contributed by atoms with Crippen LogP contribution < -0.4 is 5.32 Å². The van der Waals surface area contributed by atoms with E-state index in [4.69, 9.17) is 0 Å². The van der Waals surface area contributed by atoms with Crippen molar-refractivity contribution in [2.24, 2.45) is 0 Å². The van der Waals surface area contributed by atoms with E-state index in [0.717, 1.165) is 44.6 Å². The predicted molar refractivity (Wildman–Crippen MR) is 82.7 cm³/mol. The normalized spacial score (nSPS) is 23.0. The highest BCUT2D eigenvalue weighted by Crippen LogP contribution is 2.24. The summed E-state index contributed by atoms with van der Waals surface area (Å²) in [6.07, 6.45) is 7.14. The van der Waals surface area contributed by atoms with Gasteiger partial charge in [-0.1, -0.05) is 25.8 Å². The first kappa shape index (κ1) is 15.3. The average Bonchev–Trinajstić information content (AvgIpc) is 2.46. The Morgan fingerprint density at radius 2 is 2.20 bits per heavy atom. The van der Waals surface area contributed by atoms with Gasteiger partial charge in [0.2, 0.25) is 0 Å². The van der Waals surface area contributed by atoms with E-state index in [9.17, 15) is 5.11 Å². The Kier molecular flexibility index (Phi) is 5.80. The number of likely N-dealkylation sites (N-methyl/N-ethyl adjacent to an activating group) is 1. The molecule has 0 aliphatic heterocycles. The SMILES string of the molecule is CCCNc1ncccc1CN(C)C1CCCCC1O. The van der Waals surface area contributed by atoms with Crippen molar-refractivity contribution >= 4 is 5.82 Å². The summed E-state index contributed by atoms with van der Waals surface area (Å²) in [6, 6.07) is 4.39. The minimum atomic E-state index is -0.183. The third-order valence-electron chi connectivity index (χ3n) is 4.11. The Labute approximate surface area is 122 Å². The molecule has 1 fully saturated rings. The van der Waals surface area contributed by atoms with Crippen LogP contribution in [0.15, 0.2) is 18.3 Å². The molecule has 2 rings (SSSR count). The minimum absolute atomic E-state index is 0.183. The van der Waals surface area contributed by atoms with Gasteiger partial charge in [0, 0.05) is 30.9 Å². The molecule has 0 spiro atoms. The molecule has 2 unspecified atom stereocenters. The molecule has 4 nitrogen and oxygen atoms in total. The van der Waals surface area contributed by atoms with Gasteiger partial charge < -0.3 is 10.4 Å². The Morgan fingerprint density at radius 3 is 2.95 bits per heavy atom. The van der Waals surface area contributed by atoms with Crippen molar-refractivity contribution in [2.75, 3.05) is 18.9 Å². The molecule has 1 aliphatic carbocycles. The molecule has 20 heavy (non-hydrogen) atoms. The Bertz CT molecular complexity index is 410. The van der Waals surface area contributed by atoms with Crippen LogP contribution in [0.2, 0.25) is 0 Å². The molecule has 112 valence electrons. The first-order valence-electron chi connectivity index (χ1n) is 7.78. The standard InChI is InChI=1S/C16H27N3O/c1-3-10-17-16-13(7-6-11-18-16)12-19(2)14-8-4-5-9-15(14)20/h6-7,11,14-15,20H,3-5,8-10,12H2,1-2H3,(H,17,18). The van der Waals surface area contributed by atoms with Crippen LogP contribution in [0.1, 0.15) is 44.6 Å². The smallest absolute Gasteiger partial charge is 0.130 e. The average molecular weight is 277 g/mol. The van der Waals surface area contributed by atoms with Crippen molar-refractivity contribution in [1.82, 2.24) is 9.88 Å². The maximum absolute atomic E-state index is 10.2. The highest BCUT2D eigenvalue weighted by molar-refractivity contribution is 5.43. The zero-order valence-electron chi connectivity index (χ0n) is 12.7. The van der Waals surface area contributed by atoms with Crippen LogP contribution >= 0.6 is 0 Å². The number of hydrogen-bond acceptors (Lipinski definition) is 4. The molecule has 1 aromatic rings. The van der Waals surface area contributed by atoms with Crippen LogP contribution in [-0.4, -0.2) is 40.7 Å². The number of hydrogen-bond donors (Lipinski definition) is 2. The molecule has 1 aromatic heterocycles. The van der Waals surface area contributed by atoms with Gasteiger partial charge in [0.05, 0.1) is 6.10 Å². The number of aliphatic hydroxyl groups is 1. The van der Waals surface area contributed by atoms with Gasteiger partial charge in [-0.15, -0.1) is 0 Å². The summed E-state index contributed by atoms with van der Waals surface area (Å²) < 4.78 is 0. The molecule has 4 heteroatoms. The van der Waals surface area contributed by atoms with Gasteiger partial charge in [0.15, 0.2) is 0 Å². The number of anilines is 1. The van der Waals surface area contributed by atoms with Crippen LogP contribution in [0.5, 0.6) is 0 Å². The Morgan fingerprint density at radius 1 is 1.40 bits per heavy atom. The van der Waals surface area contributed by atoms with Crippen LogP contribution in [0.3, 0.4) is 0 Å². The van der Waals surface area contributed by atoms with Crippen molar-refractivity contribution in [3.8, 4) is 0 Å². The summed E-state index contributed by atoms with van der Waals surface area (Å²) in [5, 5.41) is 13.5. The van der Waals surface area contributed by atoms with Gasteiger partial charge in [0.25, 0.3) is 0 Å². The predicted octanol–water partition coefficient (Wildman–Crippen LogP) is 2.64. The van der Waals surface area contributed by atoms with E-state index in [1.54, 1.807) is 0 Å². The maximum Gasteiger partial charge on any atom is 0.130 e. The lowest BCUT2D eigenvalue weighted by Crippen LogP contribution is -2.43. The first-order chi connectivity index (χ1) is 9.72. The summed E-state index contributed by atoms with van der Waals surface area (Å²) in [5.74, 6) is 0.978. The molecule has 1 saturated carbocycles. The molecule has 0 bridgehead atoms. The molecule has 0 saturated heterocycles. The third-order valence-corrected chi connectivity index (χ3v) is 4.11. The molecule has 0 radical (unpaired) electrons. The van der Waals surface area contributed by atoms with Gasteiger partial charge in [-0.05, 0) is 32.4 Å². The highest BCUT2D eigenvalue weighted by Gasteiger charge is 2.26. The third kappa shape index (κ3) is 3.93. The molecule has 1 heterocycles. The van der Waals surface area contributed by atoms with E-state index < -0.39 is 0 Å². The summed E-state index contributed by atoms with van der Waals surface area (Å²) in [7, 11) is 2.11. The van der Waals surface area contributed by atoms with Crippen molar-refractivity contribution in [2.45, 2.75) is 57.7 Å². The fraction of sp³-hybridized carbons (Fsp3) is 0.688. The van der Waals surface area contributed by atoms with Crippen molar-refractivity contribution in [3.05, 3.63) is 23.9 Å². The van der Waals surface area contributed by atoms with E-state index in [2.05, 4.69) is 35.2 Å². The lowest BCUT2D eigenvalue weighted by molar-refractivity contribution is 0.0289. The fourth-order valence-corrected chi connectivity index (χ4v) is 2.96. The van der Waals surface area contributed by atoms with Gasteiger partial charge in [-0.3, -0.25) is 4.90 Å². The van der Waals surface area contributed by atoms with Crippen molar-refractivity contribution < 1.29 is 5.11 Å². The topological polar surface area (TPSA) is 48.4 Å². The van der Waals surface area contributed by atoms with Crippen LogP contribution in [0.25, 0.3) is 0 Å².